The van der Waals surface area contributed by atoms with Gasteiger partial charge in [0.1, 0.15) is 0 Å². The first kappa shape index (κ1) is 15.5. The topological polar surface area (TPSA) is 82.5 Å². The first-order chi connectivity index (χ1) is 10.1. The molecule has 2 N–H and O–H groups in total. The second-order valence-corrected chi connectivity index (χ2v) is 5.52. The van der Waals surface area contributed by atoms with Crippen LogP contribution in [0.3, 0.4) is 0 Å². The third kappa shape index (κ3) is 4.28. The SMILES string of the molecule is Cc1c(I)cnn1CCC(=O)O/N=C(\N)c1ccccc1. The largest absolute Gasteiger partial charge is 0.380 e. The molecule has 0 bridgehead atoms. The van der Waals surface area contributed by atoms with Crippen molar-refractivity contribution in [1.29, 1.82) is 0 Å². The second kappa shape index (κ2) is 7.21. The second-order valence-electron chi connectivity index (χ2n) is 4.36. The summed E-state index contributed by atoms with van der Waals surface area (Å²) in [6.45, 7) is 2.40. The minimum Gasteiger partial charge on any atom is -0.380 e. The number of aryl methyl sites for hydroxylation is 1. The number of hydrogen-bond donors (Lipinski definition) is 1. The molecule has 1 aromatic carbocycles. The Bertz CT molecular complexity index is 652. The van der Waals surface area contributed by atoms with Crippen molar-refractivity contribution >= 4 is 34.4 Å². The average Bonchev–Trinajstić information content (AvgIpc) is 2.83. The summed E-state index contributed by atoms with van der Waals surface area (Å²) in [5, 5.41) is 7.82. The highest BCUT2D eigenvalue weighted by Crippen LogP contribution is 2.10. The molecule has 2 rings (SSSR count). The van der Waals surface area contributed by atoms with Gasteiger partial charge in [0, 0.05) is 11.3 Å². The minimum absolute atomic E-state index is 0.175. The van der Waals surface area contributed by atoms with E-state index in [0.717, 1.165) is 9.26 Å². The van der Waals surface area contributed by atoms with Crippen LogP contribution in [-0.2, 0) is 16.2 Å². The number of hydrogen-bond acceptors (Lipinski definition) is 4. The first-order valence-corrected chi connectivity index (χ1v) is 7.42. The maximum atomic E-state index is 11.6. The quantitative estimate of drug-likeness (QED) is 0.275. The number of nitrogens with two attached hydrogens (primary N) is 1. The van der Waals surface area contributed by atoms with E-state index in [-0.39, 0.29) is 12.3 Å². The Balaban J connectivity index is 1.86. The molecule has 0 unspecified atom stereocenters. The number of benzene rings is 1. The van der Waals surface area contributed by atoms with Crippen molar-refractivity contribution < 1.29 is 9.63 Å². The lowest BCUT2D eigenvalue weighted by Crippen LogP contribution is -2.16. The number of halogens is 1. The highest BCUT2D eigenvalue weighted by atomic mass is 127. The van der Waals surface area contributed by atoms with E-state index in [1.54, 1.807) is 23.0 Å². The van der Waals surface area contributed by atoms with E-state index < -0.39 is 5.97 Å². The first-order valence-electron chi connectivity index (χ1n) is 6.34. The Morgan fingerprint density at radius 2 is 2.14 bits per heavy atom. The summed E-state index contributed by atoms with van der Waals surface area (Å²) in [5.74, 6) is -0.271. The summed E-state index contributed by atoms with van der Waals surface area (Å²) in [6, 6.07) is 9.13. The van der Waals surface area contributed by atoms with Gasteiger partial charge in [-0.15, -0.1) is 0 Å². The number of aromatic nitrogens is 2. The summed E-state index contributed by atoms with van der Waals surface area (Å²) >= 11 is 2.20. The zero-order chi connectivity index (χ0) is 15.2. The Hall–Kier alpha value is -1.90. The maximum Gasteiger partial charge on any atom is 0.336 e. The van der Waals surface area contributed by atoms with Crippen molar-refractivity contribution in [2.75, 3.05) is 0 Å². The zero-order valence-electron chi connectivity index (χ0n) is 11.5. The van der Waals surface area contributed by atoms with Crippen molar-refractivity contribution in [2.24, 2.45) is 10.9 Å². The molecule has 7 heteroatoms. The summed E-state index contributed by atoms with van der Waals surface area (Å²) < 4.78 is 2.82. The fourth-order valence-electron chi connectivity index (χ4n) is 1.65. The number of oxime groups is 1. The van der Waals surface area contributed by atoms with Gasteiger partial charge >= 0.3 is 5.97 Å². The van der Waals surface area contributed by atoms with Gasteiger partial charge in [-0.2, -0.15) is 5.10 Å². The monoisotopic (exact) mass is 398 g/mol. The van der Waals surface area contributed by atoms with Crippen LogP contribution in [0.4, 0.5) is 0 Å². The van der Waals surface area contributed by atoms with Crippen molar-refractivity contribution in [3.63, 3.8) is 0 Å². The fourth-order valence-corrected chi connectivity index (χ4v) is 2.06. The van der Waals surface area contributed by atoms with Crippen LogP contribution in [0.1, 0.15) is 17.7 Å². The molecule has 0 fully saturated rings. The van der Waals surface area contributed by atoms with E-state index in [1.165, 1.54) is 0 Å². The van der Waals surface area contributed by atoms with Gasteiger partial charge in [0.15, 0.2) is 5.84 Å². The molecular formula is C14H15IN4O2. The van der Waals surface area contributed by atoms with Gasteiger partial charge in [0.05, 0.1) is 22.7 Å². The smallest absolute Gasteiger partial charge is 0.336 e. The molecule has 6 nitrogen and oxygen atoms in total. The van der Waals surface area contributed by atoms with Crippen LogP contribution >= 0.6 is 22.6 Å². The lowest BCUT2D eigenvalue weighted by Gasteiger charge is -2.03. The minimum atomic E-state index is -0.446. The molecule has 0 saturated carbocycles. The van der Waals surface area contributed by atoms with Gasteiger partial charge in [0.25, 0.3) is 0 Å². The van der Waals surface area contributed by atoms with Crippen molar-refractivity contribution in [2.45, 2.75) is 19.9 Å². The molecule has 0 aliphatic rings. The van der Waals surface area contributed by atoms with Crippen LogP contribution in [0.25, 0.3) is 0 Å². The molecule has 0 radical (unpaired) electrons. The van der Waals surface area contributed by atoms with Gasteiger partial charge in [-0.05, 0) is 29.5 Å². The number of carbonyl (C=O) groups excluding carboxylic acids is 1. The molecule has 0 saturated heterocycles. The van der Waals surface area contributed by atoms with Crippen molar-refractivity contribution in [3.8, 4) is 0 Å². The van der Waals surface area contributed by atoms with Gasteiger partial charge in [-0.1, -0.05) is 35.5 Å². The van der Waals surface area contributed by atoms with Gasteiger partial charge in [0.2, 0.25) is 0 Å². The molecule has 0 aliphatic heterocycles. The molecule has 0 atom stereocenters. The summed E-state index contributed by atoms with van der Waals surface area (Å²) in [7, 11) is 0. The number of nitrogens with zero attached hydrogens (tertiary/aromatic N) is 3. The molecule has 110 valence electrons. The predicted molar refractivity (Wildman–Crippen MR) is 87.6 cm³/mol. The van der Waals surface area contributed by atoms with E-state index in [2.05, 4.69) is 32.8 Å². The van der Waals surface area contributed by atoms with E-state index in [9.17, 15) is 4.79 Å². The van der Waals surface area contributed by atoms with Crippen LogP contribution in [-0.4, -0.2) is 21.6 Å². The van der Waals surface area contributed by atoms with E-state index >= 15 is 0 Å². The van der Waals surface area contributed by atoms with Crippen molar-refractivity contribution in [3.05, 3.63) is 51.4 Å². The Morgan fingerprint density at radius 1 is 1.43 bits per heavy atom. The van der Waals surface area contributed by atoms with E-state index in [0.29, 0.717) is 12.1 Å². The van der Waals surface area contributed by atoms with Crippen LogP contribution < -0.4 is 5.73 Å². The Kier molecular flexibility index (Phi) is 5.32. The normalized spacial score (nSPS) is 11.4. The standard InChI is InChI=1S/C14H15IN4O2/c1-10-12(15)9-17-19(10)8-7-13(20)21-18-14(16)11-5-3-2-4-6-11/h2-6,9H,7-8H2,1H3,(H2,16,18). The molecule has 0 amide bonds. The summed E-state index contributed by atoms with van der Waals surface area (Å²) in [4.78, 5) is 16.5. The number of amidine groups is 1. The lowest BCUT2D eigenvalue weighted by atomic mass is 10.2. The lowest BCUT2D eigenvalue weighted by molar-refractivity contribution is -0.143. The highest BCUT2D eigenvalue weighted by molar-refractivity contribution is 14.1. The predicted octanol–water partition coefficient (Wildman–Crippen LogP) is 2.05. The fraction of sp³-hybridized carbons (Fsp3) is 0.214. The van der Waals surface area contributed by atoms with Gasteiger partial charge in [-0.25, -0.2) is 4.79 Å². The van der Waals surface area contributed by atoms with Gasteiger partial charge in [-0.3, -0.25) is 4.68 Å². The molecule has 1 aromatic heterocycles. The zero-order valence-corrected chi connectivity index (χ0v) is 13.6. The van der Waals surface area contributed by atoms with Crippen LogP contribution in [0, 0.1) is 10.5 Å². The molecule has 2 aromatic rings. The Labute approximate surface area is 136 Å². The van der Waals surface area contributed by atoms with Crippen LogP contribution in [0.2, 0.25) is 0 Å². The van der Waals surface area contributed by atoms with Crippen LogP contribution in [0.15, 0.2) is 41.7 Å². The third-order valence-electron chi connectivity index (χ3n) is 2.89. The van der Waals surface area contributed by atoms with E-state index in [1.807, 2.05) is 25.1 Å². The molecule has 21 heavy (non-hydrogen) atoms. The number of carbonyl (C=O) groups is 1. The Morgan fingerprint density at radius 3 is 2.76 bits per heavy atom. The molecule has 0 aliphatic carbocycles. The number of rotatable bonds is 5. The molecular weight excluding hydrogens is 383 g/mol. The maximum absolute atomic E-state index is 11.6. The molecule has 1 heterocycles. The van der Waals surface area contributed by atoms with E-state index in [4.69, 9.17) is 10.6 Å². The molecule has 0 spiro atoms. The van der Waals surface area contributed by atoms with Gasteiger partial charge < -0.3 is 10.6 Å². The summed E-state index contributed by atoms with van der Waals surface area (Å²) in [5.41, 5.74) is 7.47. The van der Waals surface area contributed by atoms with Crippen molar-refractivity contribution in [1.82, 2.24) is 9.78 Å². The highest BCUT2D eigenvalue weighted by Gasteiger charge is 2.08. The van der Waals surface area contributed by atoms with Crippen LogP contribution in [0.5, 0.6) is 0 Å². The third-order valence-corrected chi connectivity index (χ3v) is 3.95. The average molecular weight is 398 g/mol. The summed E-state index contributed by atoms with van der Waals surface area (Å²) in [6.07, 6.45) is 1.94.